The summed E-state index contributed by atoms with van der Waals surface area (Å²) in [6.45, 7) is 0.858. The molecule has 0 N–H and O–H groups in total. The minimum absolute atomic E-state index is 0.645. The third kappa shape index (κ3) is 6.35. The lowest BCUT2D eigenvalue weighted by Gasteiger charge is -1.96. The van der Waals surface area contributed by atoms with E-state index < -0.39 is 0 Å². The number of hydrogen-bond donors (Lipinski definition) is 0. The number of methoxy groups -OCH3 is 1. The molecule has 8 heavy (non-hydrogen) atoms. The van der Waals surface area contributed by atoms with Gasteiger partial charge in [0.1, 0.15) is 0 Å². The van der Waals surface area contributed by atoms with Crippen LogP contribution in [-0.4, -0.2) is 27.0 Å². The Morgan fingerprint density at radius 3 is 2.62 bits per heavy atom. The van der Waals surface area contributed by atoms with Crippen molar-refractivity contribution in [2.45, 2.75) is 6.42 Å². The molecular weight excluding hydrogens is 123 g/mol. The lowest BCUT2D eigenvalue weighted by Crippen LogP contribution is -1.88. The van der Waals surface area contributed by atoms with Crippen LogP contribution in [-0.2, 0) is 9.26 Å². The molecule has 1 unspecified atom stereocenters. The Morgan fingerprint density at radius 1 is 1.38 bits per heavy atom. The number of rotatable bonds is 5. The van der Waals surface area contributed by atoms with Crippen molar-refractivity contribution >= 4 is 8.81 Å². The average molecular weight is 136 g/mol. The van der Waals surface area contributed by atoms with Gasteiger partial charge in [-0.05, 0) is 12.6 Å². The highest BCUT2D eigenvalue weighted by Gasteiger charge is 1.83. The normalized spacial score (nSPS) is 11.2. The van der Waals surface area contributed by atoms with Crippen molar-refractivity contribution in [3.8, 4) is 0 Å². The molecule has 0 rings (SSSR count). The van der Waals surface area contributed by atoms with Gasteiger partial charge in [0.05, 0.1) is 0 Å². The Kier molecular flexibility index (Phi) is 7.67. The first kappa shape index (κ1) is 8.35. The molecule has 2 nitrogen and oxygen atoms in total. The molecule has 0 spiro atoms. The second-order valence-electron chi connectivity index (χ2n) is 1.44. The van der Waals surface area contributed by atoms with Crippen LogP contribution in [0, 0.1) is 0 Å². The maximum Gasteiger partial charge on any atom is 0.0466 e. The number of ether oxygens (including phenoxy) is 1. The van der Waals surface area contributed by atoms with Gasteiger partial charge in [-0.3, -0.25) is 0 Å². The van der Waals surface area contributed by atoms with E-state index in [1.165, 1.54) is 0 Å². The lowest BCUT2D eigenvalue weighted by molar-refractivity contribution is 0.199. The van der Waals surface area contributed by atoms with Crippen molar-refractivity contribution in [2.75, 3.05) is 27.0 Å². The van der Waals surface area contributed by atoms with Gasteiger partial charge < -0.3 is 9.26 Å². The van der Waals surface area contributed by atoms with Crippen LogP contribution in [0.5, 0.6) is 0 Å². The molecule has 0 aliphatic rings. The van der Waals surface area contributed by atoms with Gasteiger partial charge in [-0.2, -0.15) is 0 Å². The Bertz CT molecular complexity index is 35.4. The summed E-state index contributed by atoms with van der Waals surface area (Å²) in [7, 11) is 4.09. The molecule has 0 fully saturated rings. The summed E-state index contributed by atoms with van der Waals surface area (Å²) in [6.07, 6.45) is 2.24. The van der Waals surface area contributed by atoms with Gasteiger partial charge in [-0.25, -0.2) is 0 Å². The predicted octanol–water partition coefficient (Wildman–Crippen LogP) is 1.26. The topological polar surface area (TPSA) is 18.5 Å². The number of hydrogen-bond acceptors (Lipinski definition) is 2. The van der Waals surface area contributed by atoms with Crippen molar-refractivity contribution in [2.24, 2.45) is 0 Å². The highest BCUT2D eigenvalue weighted by atomic mass is 31.1. The van der Waals surface area contributed by atoms with Gasteiger partial charge in [0.15, 0.2) is 0 Å². The zero-order chi connectivity index (χ0) is 6.24. The maximum atomic E-state index is 4.86. The van der Waals surface area contributed by atoms with Gasteiger partial charge in [0, 0.05) is 29.6 Å². The van der Waals surface area contributed by atoms with Crippen LogP contribution in [0.4, 0.5) is 0 Å². The van der Waals surface area contributed by atoms with Crippen LogP contribution >= 0.6 is 8.81 Å². The first-order valence-corrected chi connectivity index (χ1v) is 3.78. The van der Waals surface area contributed by atoms with Crippen molar-refractivity contribution in [3.63, 3.8) is 0 Å². The quantitative estimate of drug-likeness (QED) is 0.418. The average Bonchev–Trinajstić information content (AvgIpc) is 1.81. The van der Waals surface area contributed by atoms with Crippen molar-refractivity contribution in [1.29, 1.82) is 0 Å². The third-order valence-electron chi connectivity index (χ3n) is 0.772. The summed E-state index contributed by atoms with van der Waals surface area (Å²) in [5.74, 6) is 0. The molecular formula is C5H13O2P. The first-order chi connectivity index (χ1) is 3.91. The summed E-state index contributed by atoms with van der Waals surface area (Å²) in [4.78, 5) is 0. The highest BCUT2D eigenvalue weighted by Crippen LogP contribution is 2.09. The molecule has 50 valence electrons. The molecule has 0 heterocycles. The minimum Gasteiger partial charge on any atom is -0.385 e. The summed E-state index contributed by atoms with van der Waals surface area (Å²) in [5.41, 5.74) is 0. The molecule has 0 aromatic heterocycles. The van der Waals surface area contributed by atoms with Crippen LogP contribution in [0.25, 0.3) is 0 Å². The molecule has 0 bridgehead atoms. The van der Waals surface area contributed by atoms with Crippen LogP contribution in [0.15, 0.2) is 0 Å². The molecule has 0 aromatic rings. The molecule has 0 aliphatic carbocycles. The van der Waals surface area contributed by atoms with Crippen LogP contribution < -0.4 is 0 Å². The van der Waals surface area contributed by atoms with E-state index in [4.69, 9.17) is 9.26 Å². The van der Waals surface area contributed by atoms with Gasteiger partial charge in [0.25, 0.3) is 0 Å². The molecule has 0 aromatic carbocycles. The third-order valence-corrected chi connectivity index (χ3v) is 1.62. The summed E-state index contributed by atoms with van der Waals surface area (Å²) in [5, 5.41) is 0. The van der Waals surface area contributed by atoms with E-state index in [-0.39, 0.29) is 0 Å². The van der Waals surface area contributed by atoms with Gasteiger partial charge in [-0.15, -0.1) is 0 Å². The van der Waals surface area contributed by atoms with E-state index in [9.17, 15) is 0 Å². The standard InChI is InChI=1S/C5H13O2P/c1-6-4-3-5-8-7-2/h8H,3-5H2,1-2H3. The summed E-state index contributed by atoms with van der Waals surface area (Å²) in [6, 6.07) is 0. The van der Waals surface area contributed by atoms with Crippen molar-refractivity contribution < 1.29 is 9.26 Å². The molecule has 3 heteroatoms. The fourth-order valence-corrected chi connectivity index (χ4v) is 0.884. The van der Waals surface area contributed by atoms with E-state index in [1.54, 1.807) is 14.2 Å². The van der Waals surface area contributed by atoms with Crippen molar-refractivity contribution in [3.05, 3.63) is 0 Å². The Hall–Kier alpha value is 0.350. The smallest absolute Gasteiger partial charge is 0.0466 e. The molecule has 0 saturated heterocycles. The molecule has 0 radical (unpaired) electrons. The summed E-state index contributed by atoms with van der Waals surface area (Å²) < 4.78 is 9.70. The van der Waals surface area contributed by atoms with E-state index in [2.05, 4.69) is 0 Å². The lowest BCUT2D eigenvalue weighted by atomic mass is 10.5. The highest BCUT2D eigenvalue weighted by molar-refractivity contribution is 7.32. The Labute approximate surface area is 52.4 Å². The van der Waals surface area contributed by atoms with E-state index in [0.717, 1.165) is 19.2 Å². The maximum absolute atomic E-state index is 4.86. The van der Waals surface area contributed by atoms with E-state index in [1.807, 2.05) is 0 Å². The molecule has 0 amide bonds. The zero-order valence-corrected chi connectivity index (χ0v) is 6.44. The van der Waals surface area contributed by atoms with Crippen LogP contribution in [0.3, 0.4) is 0 Å². The van der Waals surface area contributed by atoms with Gasteiger partial charge in [-0.1, -0.05) is 0 Å². The first-order valence-electron chi connectivity index (χ1n) is 2.66. The molecule has 0 saturated carbocycles. The molecule has 1 atom stereocenters. The predicted molar refractivity (Wildman–Crippen MR) is 36.7 cm³/mol. The fraction of sp³-hybridized carbons (Fsp3) is 1.00. The van der Waals surface area contributed by atoms with E-state index >= 15 is 0 Å². The van der Waals surface area contributed by atoms with Crippen LogP contribution in [0.1, 0.15) is 6.42 Å². The van der Waals surface area contributed by atoms with Crippen LogP contribution in [0.2, 0.25) is 0 Å². The van der Waals surface area contributed by atoms with E-state index in [0.29, 0.717) is 8.81 Å². The molecule has 0 aliphatic heterocycles. The summed E-state index contributed by atoms with van der Waals surface area (Å²) >= 11 is 0. The zero-order valence-electron chi connectivity index (χ0n) is 5.44. The largest absolute Gasteiger partial charge is 0.385 e. The van der Waals surface area contributed by atoms with Gasteiger partial charge >= 0.3 is 0 Å². The fourth-order valence-electron chi connectivity index (χ4n) is 0.391. The SMILES string of the molecule is COCCCPOC. The monoisotopic (exact) mass is 136 g/mol. The Balaban J connectivity index is 2.53. The second-order valence-corrected chi connectivity index (χ2v) is 2.64. The van der Waals surface area contributed by atoms with Gasteiger partial charge in [0.2, 0.25) is 0 Å². The van der Waals surface area contributed by atoms with Crippen molar-refractivity contribution in [1.82, 2.24) is 0 Å². The second kappa shape index (κ2) is 7.35. The minimum atomic E-state index is 0.645. The Morgan fingerprint density at radius 2 is 2.12 bits per heavy atom.